The summed E-state index contributed by atoms with van der Waals surface area (Å²) in [5.74, 6) is -0.537. The lowest BCUT2D eigenvalue weighted by molar-refractivity contribution is -0.168. The highest BCUT2D eigenvalue weighted by Gasteiger charge is 2.41. The third-order valence-electron chi connectivity index (χ3n) is 4.10. The first-order valence-corrected chi connectivity index (χ1v) is 7.11. The van der Waals surface area contributed by atoms with E-state index in [2.05, 4.69) is 5.32 Å². The Labute approximate surface area is 121 Å². The van der Waals surface area contributed by atoms with Gasteiger partial charge in [-0.1, -0.05) is 11.6 Å². The molecule has 4 nitrogen and oxygen atoms in total. The standard InChI is InChI=1S/C14H16ClFN2O2/c15-11-2-1-10(9-12(11)16)17-13(19)18-6-3-14(4-7-18)5-8-20-14/h1-2,9H,3-8H2,(H,17,19). The van der Waals surface area contributed by atoms with Gasteiger partial charge in [0.05, 0.1) is 17.2 Å². The highest BCUT2D eigenvalue weighted by atomic mass is 35.5. The molecule has 6 heteroatoms. The average molecular weight is 299 g/mol. The fraction of sp³-hybridized carbons (Fsp3) is 0.500. The smallest absolute Gasteiger partial charge is 0.321 e. The van der Waals surface area contributed by atoms with Crippen LogP contribution in [-0.2, 0) is 4.74 Å². The highest BCUT2D eigenvalue weighted by Crippen LogP contribution is 2.36. The third kappa shape index (κ3) is 2.60. The van der Waals surface area contributed by atoms with Crippen LogP contribution in [0.4, 0.5) is 14.9 Å². The maximum Gasteiger partial charge on any atom is 0.321 e. The number of halogens is 2. The van der Waals surface area contributed by atoms with Crippen molar-refractivity contribution >= 4 is 23.3 Å². The Balaban J connectivity index is 1.58. The summed E-state index contributed by atoms with van der Waals surface area (Å²) in [5.41, 5.74) is 0.431. The van der Waals surface area contributed by atoms with Crippen LogP contribution in [0.25, 0.3) is 0 Å². The molecule has 2 aliphatic rings. The van der Waals surface area contributed by atoms with E-state index in [1.807, 2.05) is 0 Å². The predicted octanol–water partition coefficient (Wildman–Crippen LogP) is 3.27. The van der Waals surface area contributed by atoms with Gasteiger partial charge in [-0.15, -0.1) is 0 Å². The fourth-order valence-corrected chi connectivity index (χ4v) is 2.80. The molecule has 2 saturated heterocycles. The quantitative estimate of drug-likeness (QED) is 0.864. The minimum Gasteiger partial charge on any atom is -0.375 e. The summed E-state index contributed by atoms with van der Waals surface area (Å²) in [5, 5.41) is 2.74. The number of hydrogen-bond donors (Lipinski definition) is 1. The van der Waals surface area contributed by atoms with E-state index >= 15 is 0 Å². The summed E-state index contributed by atoms with van der Waals surface area (Å²) in [6, 6.07) is 4.03. The van der Waals surface area contributed by atoms with Crippen LogP contribution >= 0.6 is 11.6 Å². The number of carbonyl (C=O) groups is 1. The lowest BCUT2D eigenvalue weighted by Crippen LogP contribution is -2.54. The molecule has 3 rings (SSSR count). The fourth-order valence-electron chi connectivity index (χ4n) is 2.68. The number of benzene rings is 1. The zero-order valence-corrected chi connectivity index (χ0v) is 11.8. The maximum absolute atomic E-state index is 13.3. The Bertz CT molecular complexity index is 524. The minimum atomic E-state index is -0.537. The molecule has 1 aromatic carbocycles. The van der Waals surface area contributed by atoms with Gasteiger partial charge in [-0.25, -0.2) is 9.18 Å². The molecule has 2 heterocycles. The first kappa shape index (κ1) is 13.6. The molecular weight excluding hydrogens is 283 g/mol. The van der Waals surface area contributed by atoms with Crippen molar-refractivity contribution < 1.29 is 13.9 Å². The molecule has 0 radical (unpaired) electrons. The number of ether oxygens (including phenoxy) is 1. The zero-order chi connectivity index (χ0) is 14.2. The maximum atomic E-state index is 13.3. The van der Waals surface area contributed by atoms with Gasteiger partial charge in [0.15, 0.2) is 0 Å². The molecule has 0 aliphatic carbocycles. The minimum absolute atomic E-state index is 0.0170. The molecule has 2 fully saturated rings. The van der Waals surface area contributed by atoms with Crippen molar-refractivity contribution in [3.8, 4) is 0 Å². The number of likely N-dealkylation sites (tertiary alicyclic amines) is 1. The Kier molecular flexibility index (Phi) is 3.56. The summed E-state index contributed by atoms with van der Waals surface area (Å²) < 4.78 is 18.9. The normalized spacial score (nSPS) is 20.6. The molecule has 2 aliphatic heterocycles. The second kappa shape index (κ2) is 5.22. The van der Waals surface area contributed by atoms with Crippen LogP contribution in [0.15, 0.2) is 18.2 Å². The van der Waals surface area contributed by atoms with Crippen molar-refractivity contribution in [2.45, 2.75) is 24.9 Å². The summed E-state index contributed by atoms with van der Waals surface area (Å²) in [7, 11) is 0. The van der Waals surface area contributed by atoms with Crippen LogP contribution in [-0.4, -0.2) is 36.2 Å². The van der Waals surface area contributed by atoms with Gasteiger partial charge in [-0.2, -0.15) is 0 Å². The van der Waals surface area contributed by atoms with Crippen molar-refractivity contribution in [3.05, 3.63) is 29.0 Å². The largest absolute Gasteiger partial charge is 0.375 e. The molecular formula is C14H16ClFN2O2. The number of piperidine rings is 1. The van der Waals surface area contributed by atoms with Gasteiger partial charge in [0.25, 0.3) is 0 Å². The van der Waals surface area contributed by atoms with E-state index in [1.54, 1.807) is 11.0 Å². The number of amides is 2. The Hall–Kier alpha value is -1.33. The average Bonchev–Trinajstić information content (AvgIpc) is 2.41. The van der Waals surface area contributed by atoms with Crippen molar-refractivity contribution in [2.75, 3.05) is 25.0 Å². The first-order valence-electron chi connectivity index (χ1n) is 6.73. The van der Waals surface area contributed by atoms with Gasteiger partial charge >= 0.3 is 6.03 Å². The van der Waals surface area contributed by atoms with E-state index < -0.39 is 5.82 Å². The van der Waals surface area contributed by atoms with Crippen LogP contribution in [0.1, 0.15) is 19.3 Å². The number of carbonyl (C=O) groups excluding carboxylic acids is 1. The number of nitrogens with zero attached hydrogens (tertiary/aromatic N) is 1. The Morgan fingerprint density at radius 3 is 2.60 bits per heavy atom. The lowest BCUT2D eigenvalue weighted by atomic mass is 9.84. The van der Waals surface area contributed by atoms with Crippen LogP contribution in [0.2, 0.25) is 5.02 Å². The van der Waals surface area contributed by atoms with Crippen LogP contribution in [0, 0.1) is 5.82 Å². The number of anilines is 1. The summed E-state index contributed by atoms with van der Waals surface area (Å²) >= 11 is 5.61. The van der Waals surface area contributed by atoms with Gasteiger partial charge in [-0.3, -0.25) is 0 Å². The highest BCUT2D eigenvalue weighted by molar-refractivity contribution is 6.30. The van der Waals surface area contributed by atoms with Crippen molar-refractivity contribution in [1.29, 1.82) is 0 Å². The first-order chi connectivity index (χ1) is 9.58. The molecule has 0 atom stereocenters. The van der Waals surface area contributed by atoms with E-state index in [-0.39, 0.29) is 16.7 Å². The Morgan fingerprint density at radius 1 is 1.35 bits per heavy atom. The zero-order valence-electron chi connectivity index (χ0n) is 11.0. The van der Waals surface area contributed by atoms with Gasteiger partial charge in [0, 0.05) is 18.8 Å². The summed E-state index contributed by atoms with van der Waals surface area (Å²) in [6.07, 6.45) is 2.83. The van der Waals surface area contributed by atoms with E-state index in [1.165, 1.54) is 12.1 Å². The molecule has 0 unspecified atom stereocenters. The molecule has 1 aromatic rings. The van der Waals surface area contributed by atoms with Crippen molar-refractivity contribution in [3.63, 3.8) is 0 Å². The topological polar surface area (TPSA) is 41.6 Å². The number of rotatable bonds is 1. The van der Waals surface area contributed by atoms with Crippen molar-refractivity contribution in [2.24, 2.45) is 0 Å². The van der Waals surface area contributed by atoms with E-state index in [4.69, 9.17) is 16.3 Å². The van der Waals surface area contributed by atoms with Gasteiger partial charge in [-0.05, 0) is 37.5 Å². The van der Waals surface area contributed by atoms with E-state index in [0.29, 0.717) is 18.8 Å². The van der Waals surface area contributed by atoms with Gasteiger partial charge in [0.1, 0.15) is 5.82 Å². The monoisotopic (exact) mass is 298 g/mol. The molecule has 1 spiro atoms. The molecule has 20 heavy (non-hydrogen) atoms. The molecule has 108 valence electrons. The SMILES string of the molecule is O=C(Nc1ccc(Cl)c(F)c1)N1CCC2(CCO2)CC1. The molecule has 0 bridgehead atoms. The summed E-state index contributed by atoms with van der Waals surface area (Å²) in [6.45, 7) is 2.17. The van der Waals surface area contributed by atoms with Crippen LogP contribution < -0.4 is 5.32 Å². The number of nitrogens with one attached hydrogen (secondary N) is 1. The second-order valence-electron chi connectivity index (χ2n) is 5.33. The number of urea groups is 1. The number of hydrogen-bond acceptors (Lipinski definition) is 2. The van der Waals surface area contributed by atoms with E-state index in [0.717, 1.165) is 25.9 Å². The van der Waals surface area contributed by atoms with Gasteiger partial charge < -0.3 is 15.0 Å². The summed E-state index contributed by atoms with van der Waals surface area (Å²) in [4.78, 5) is 13.8. The predicted molar refractivity (Wildman–Crippen MR) is 74.5 cm³/mol. The van der Waals surface area contributed by atoms with E-state index in [9.17, 15) is 9.18 Å². The van der Waals surface area contributed by atoms with Crippen LogP contribution in [0.5, 0.6) is 0 Å². The lowest BCUT2D eigenvalue weighted by Gasteiger charge is -2.47. The second-order valence-corrected chi connectivity index (χ2v) is 5.73. The van der Waals surface area contributed by atoms with Gasteiger partial charge in [0.2, 0.25) is 0 Å². The molecule has 0 saturated carbocycles. The third-order valence-corrected chi connectivity index (χ3v) is 4.41. The van der Waals surface area contributed by atoms with Crippen LogP contribution in [0.3, 0.4) is 0 Å². The Morgan fingerprint density at radius 2 is 2.05 bits per heavy atom. The van der Waals surface area contributed by atoms with Crippen molar-refractivity contribution in [1.82, 2.24) is 4.90 Å². The molecule has 2 amide bonds. The molecule has 0 aromatic heterocycles. The molecule has 1 N–H and O–H groups in total.